The minimum absolute atomic E-state index is 0.00227. The van der Waals surface area contributed by atoms with E-state index < -0.39 is 0 Å². The first-order chi connectivity index (χ1) is 11.0. The van der Waals surface area contributed by atoms with Gasteiger partial charge in [0.15, 0.2) is 0 Å². The molecule has 1 aliphatic rings. The summed E-state index contributed by atoms with van der Waals surface area (Å²) in [6.07, 6.45) is 1.39. The summed E-state index contributed by atoms with van der Waals surface area (Å²) in [4.78, 5) is 26.9. The summed E-state index contributed by atoms with van der Waals surface area (Å²) >= 11 is 5.80. The van der Waals surface area contributed by atoms with Gasteiger partial charge in [0.05, 0.1) is 0 Å². The van der Waals surface area contributed by atoms with Crippen LogP contribution in [0.3, 0.4) is 0 Å². The summed E-state index contributed by atoms with van der Waals surface area (Å²) in [6.45, 7) is 3.35. The van der Waals surface area contributed by atoms with Crippen molar-refractivity contribution >= 4 is 29.1 Å². The summed E-state index contributed by atoms with van der Waals surface area (Å²) in [5, 5.41) is 12.7. The largest absolute Gasteiger partial charge is 0.360 e. The lowest BCUT2D eigenvalue weighted by Gasteiger charge is -2.34. The molecule has 0 aromatic heterocycles. The Morgan fingerprint density at radius 3 is 2.26 bits per heavy atom. The number of piperazine rings is 1. The van der Waals surface area contributed by atoms with Crippen LogP contribution in [0.2, 0.25) is 5.02 Å². The van der Waals surface area contributed by atoms with Crippen molar-refractivity contribution < 1.29 is 9.59 Å². The van der Waals surface area contributed by atoms with Gasteiger partial charge in [-0.3, -0.25) is 9.59 Å². The van der Waals surface area contributed by atoms with Gasteiger partial charge in [0, 0.05) is 50.0 Å². The molecule has 1 fully saturated rings. The van der Waals surface area contributed by atoms with Gasteiger partial charge in [-0.2, -0.15) is 5.26 Å². The molecule has 0 aliphatic carbocycles. The zero-order valence-corrected chi connectivity index (χ0v) is 13.5. The Bertz CT molecular complexity index is 656. The van der Waals surface area contributed by atoms with Crippen LogP contribution in [0, 0.1) is 11.3 Å². The Kier molecular flexibility index (Phi) is 5.61. The minimum atomic E-state index is -0.336. The van der Waals surface area contributed by atoms with E-state index in [2.05, 4.69) is 5.32 Å². The van der Waals surface area contributed by atoms with Crippen molar-refractivity contribution in [1.82, 2.24) is 9.80 Å². The molecule has 6 nitrogen and oxygen atoms in total. The lowest BCUT2D eigenvalue weighted by atomic mass is 10.2. The Morgan fingerprint density at radius 2 is 1.74 bits per heavy atom. The molecule has 1 aliphatic heterocycles. The molecule has 1 aromatic rings. The van der Waals surface area contributed by atoms with Gasteiger partial charge < -0.3 is 15.1 Å². The van der Waals surface area contributed by atoms with E-state index in [0.717, 1.165) is 5.69 Å². The summed E-state index contributed by atoms with van der Waals surface area (Å²) in [7, 11) is 0. The van der Waals surface area contributed by atoms with E-state index in [1.54, 1.807) is 34.1 Å². The normalized spacial score (nSPS) is 15.1. The molecular weight excluding hydrogens is 316 g/mol. The lowest BCUT2D eigenvalue weighted by molar-refractivity contribution is -0.136. The number of anilines is 1. The number of halogens is 1. The van der Waals surface area contributed by atoms with Gasteiger partial charge in [-0.05, 0) is 24.3 Å². The third-order valence-corrected chi connectivity index (χ3v) is 3.84. The molecule has 1 saturated heterocycles. The Balaban J connectivity index is 1.99. The van der Waals surface area contributed by atoms with Crippen molar-refractivity contribution in [3.63, 3.8) is 0 Å². The molecule has 1 N–H and O–H groups in total. The summed E-state index contributed by atoms with van der Waals surface area (Å²) in [5.41, 5.74) is 0.757. The molecule has 2 rings (SSSR count). The van der Waals surface area contributed by atoms with Gasteiger partial charge in [-0.25, -0.2) is 0 Å². The Labute approximate surface area is 139 Å². The Hall–Kier alpha value is -2.52. The Morgan fingerprint density at radius 1 is 1.17 bits per heavy atom. The summed E-state index contributed by atoms with van der Waals surface area (Å²) in [5.74, 6) is -0.338. The van der Waals surface area contributed by atoms with Crippen LogP contribution in [0.1, 0.15) is 6.92 Å². The van der Waals surface area contributed by atoms with E-state index in [0.29, 0.717) is 31.2 Å². The van der Waals surface area contributed by atoms with Crippen molar-refractivity contribution in [1.29, 1.82) is 5.26 Å². The summed E-state index contributed by atoms with van der Waals surface area (Å²) < 4.78 is 0. The number of carbonyl (C=O) groups is 2. The predicted molar refractivity (Wildman–Crippen MR) is 87.6 cm³/mol. The minimum Gasteiger partial charge on any atom is -0.360 e. The fraction of sp³-hybridized carbons (Fsp3) is 0.312. The molecule has 2 amide bonds. The van der Waals surface area contributed by atoms with E-state index in [1.807, 2.05) is 6.07 Å². The van der Waals surface area contributed by atoms with Crippen molar-refractivity contribution in [2.24, 2.45) is 0 Å². The molecule has 120 valence electrons. The molecule has 0 unspecified atom stereocenters. The first-order valence-corrected chi connectivity index (χ1v) is 7.56. The van der Waals surface area contributed by atoms with Gasteiger partial charge in [0.1, 0.15) is 11.6 Å². The number of benzene rings is 1. The zero-order valence-electron chi connectivity index (χ0n) is 12.8. The summed E-state index contributed by atoms with van der Waals surface area (Å²) in [6, 6.07) is 8.85. The van der Waals surface area contributed by atoms with Crippen LogP contribution >= 0.6 is 11.6 Å². The number of nitrogens with one attached hydrogen (secondary N) is 1. The standard InChI is InChI=1S/C16H17ClN4O2/c1-12(22)20-6-8-21(9-7-20)16(23)13(10-18)11-19-15-4-2-14(17)3-5-15/h2-5,11,19H,6-9H2,1H3/b13-11-. The van der Waals surface area contributed by atoms with Crippen LogP contribution in [0.25, 0.3) is 0 Å². The van der Waals surface area contributed by atoms with E-state index in [4.69, 9.17) is 11.6 Å². The first kappa shape index (κ1) is 16.8. The lowest BCUT2D eigenvalue weighted by Crippen LogP contribution is -2.50. The monoisotopic (exact) mass is 332 g/mol. The average molecular weight is 333 g/mol. The quantitative estimate of drug-likeness (QED) is 0.677. The molecule has 1 aromatic carbocycles. The number of amides is 2. The van der Waals surface area contributed by atoms with Gasteiger partial charge in [0.25, 0.3) is 5.91 Å². The molecule has 23 heavy (non-hydrogen) atoms. The van der Waals surface area contributed by atoms with Crippen LogP contribution < -0.4 is 5.32 Å². The molecule has 0 atom stereocenters. The molecule has 0 saturated carbocycles. The number of nitriles is 1. The van der Waals surface area contributed by atoms with Crippen molar-refractivity contribution in [2.75, 3.05) is 31.5 Å². The molecular formula is C16H17ClN4O2. The van der Waals surface area contributed by atoms with Gasteiger partial charge in [-0.1, -0.05) is 11.6 Å². The fourth-order valence-corrected chi connectivity index (χ4v) is 2.36. The average Bonchev–Trinajstić information content (AvgIpc) is 2.57. The molecule has 7 heteroatoms. The van der Waals surface area contributed by atoms with Crippen LogP contribution in [0.15, 0.2) is 36.0 Å². The second kappa shape index (κ2) is 7.65. The topological polar surface area (TPSA) is 76.4 Å². The van der Waals surface area contributed by atoms with Gasteiger partial charge >= 0.3 is 0 Å². The maximum Gasteiger partial charge on any atom is 0.266 e. The van der Waals surface area contributed by atoms with Crippen molar-refractivity contribution in [2.45, 2.75) is 6.92 Å². The molecule has 0 spiro atoms. The number of hydrogen-bond donors (Lipinski definition) is 1. The van der Waals surface area contributed by atoms with E-state index in [9.17, 15) is 14.9 Å². The van der Waals surface area contributed by atoms with Gasteiger partial charge in [-0.15, -0.1) is 0 Å². The number of nitrogens with zero attached hydrogens (tertiary/aromatic N) is 3. The third-order valence-electron chi connectivity index (χ3n) is 3.59. The third kappa shape index (κ3) is 4.47. The maximum absolute atomic E-state index is 12.4. The highest BCUT2D eigenvalue weighted by molar-refractivity contribution is 6.30. The van der Waals surface area contributed by atoms with E-state index in [-0.39, 0.29) is 17.4 Å². The van der Waals surface area contributed by atoms with Crippen LogP contribution in [0.5, 0.6) is 0 Å². The molecule has 1 heterocycles. The second-order valence-electron chi connectivity index (χ2n) is 5.12. The van der Waals surface area contributed by atoms with Gasteiger partial charge in [0.2, 0.25) is 5.91 Å². The van der Waals surface area contributed by atoms with Crippen LogP contribution in [-0.2, 0) is 9.59 Å². The van der Waals surface area contributed by atoms with Crippen LogP contribution in [0.4, 0.5) is 5.69 Å². The molecule has 0 bridgehead atoms. The number of hydrogen-bond acceptors (Lipinski definition) is 4. The van der Waals surface area contributed by atoms with E-state index >= 15 is 0 Å². The smallest absolute Gasteiger partial charge is 0.266 e. The highest BCUT2D eigenvalue weighted by atomic mass is 35.5. The van der Waals surface area contributed by atoms with Crippen molar-refractivity contribution in [3.05, 3.63) is 41.1 Å². The highest BCUT2D eigenvalue weighted by Gasteiger charge is 2.24. The first-order valence-electron chi connectivity index (χ1n) is 7.18. The highest BCUT2D eigenvalue weighted by Crippen LogP contribution is 2.14. The van der Waals surface area contributed by atoms with Crippen LogP contribution in [-0.4, -0.2) is 47.8 Å². The second-order valence-corrected chi connectivity index (χ2v) is 5.56. The maximum atomic E-state index is 12.4. The van der Waals surface area contributed by atoms with Crippen molar-refractivity contribution in [3.8, 4) is 6.07 Å². The number of carbonyl (C=O) groups excluding carboxylic acids is 2. The zero-order chi connectivity index (χ0) is 16.8. The molecule has 0 radical (unpaired) electrons. The predicted octanol–water partition coefficient (Wildman–Crippen LogP) is 1.85. The number of rotatable bonds is 3. The fourth-order valence-electron chi connectivity index (χ4n) is 2.24. The van der Waals surface area contributed by atoms with E-state index in [1.165, 1.54) is 13.1 Å². The SMILES string of the molecule is CC(=O)N1CCN(C(=O)/C(C#N)=C\Nc2ccc(Cl)cc2)CC1.